The van der Waals surface area contributed by atoms with Gasteiger partial charge in [0.05, 0.1) is 0 Å². The topological polar surface area (TPSA) is 17.1 Å². The fourth-order valence-electron chi connectivity index (χ4n) is 1.19. The normalized spacial score (nSPS) is 24.6. The Kier molecular flexibility index (Phi) is 3.20. The van der Waals surface area contributed by atoms with E-state index in [0.717, 1.165) is 32.1 Å². The molecule has 0 amide bonds. The number of hydrogen-bond acceptors (Lipinski definition) is 1. The quantitative estimate of drug-likeness (QED) is 0.470. The molecule has 10 heavy (non-hydrogen) atoms. The Hall–Kier alpha value is -0.590. The Morgan fingerprint density at radius 3 is 2.70 bits per heavy atom. The van der Waals surface area contributed by atoms with Crippen LogP contribution in [0.5, 0.6) is 0 Å². The first-order chi connectivity index (χ1) is 4.89. The molecule has 1 heteroatoms. The molecule has 0 heterocycles. The second kappa shape index (κ2) is 4.26. The van der Waals surface area contributed by atoms with E-state index in [4.69, 9.17) is 0 Å². The summed E-state index contributed by atoms with van der Waals surface area (Å²) in [6, 6.07) is 0. The van der Waals surface area contributed by atoms with Crippen LogP contribution in [0.2, 0.25) is 0 Å². The molecule has 0 spiro atoms. The summed E-state index contributed by atoms with van der Waals surface area (Å²) in [6.07, 6.45) is 10.3. The lowest BCUT2D eigenvalue weighted by Crippen LogP contribution is -1.95. The highest BCUT2D eigenvalue weighted by molar-refractivity contribution is 5.78. The average Bonchev–Trinajstić information content (AvgIpc) is 2.02. The molecule has 0 atom stereocenters. The smallest absolute Gasteiger partial charge is 0.133 e. The highest BCUT2D eigenvalue weighted by atomic mass is 16.1. The Morgan fingerprint density at radius 1 is 1.00 bits per heavy atom. The maximum absolute atomic E-state index is 11.0. The number of Topliss-reactive ketones (excluding diaryl/α,β-unsaturated/α-hetero) is 1. The molecule has 1 aliphatic rings. The molecule has 0 fully saturated rings. The number of allylic oxidation sites excluding steroid dienone is 2. The second-order valence-electron chi connectivity index (χ2n) is 2.79. The van der Waals surface area contributed by atoms with E-state index in [1.807, 2.05) is 0 Å². The van der Waals surface area contributed by atoms with Gasteiger partial charge in [-0.2, -0.15) is 0 Å². The molecule has 1 nitrogen and oxygen atoms in total. The molecule has 0 saturated heterocycles. The van der Waals surface area contributed by atoms with Gasteiger partial charge >= 0.3 is 0 Å². The molecule has 1 aliphatic carbocycles. The summed E-state index contributed by atoms with van der Waals surface area (Å²) in [5.74, 6) is 0.437. The van der Waals surface area contributed by atoms with E-state index in [0.29, 0.717) is 5.78 Å². The zero-order chi connectivity index (χ0) is 7.23. The number of carbonyl (C=O) groups excluding carboxylic acids is 1. The van der Waals surface area contributed by atoms with Crippen molar-refractivity contribution in [3.8, 4) is 0 Å². The maximum atomic E-state index is 11.0. The fraction of sp³-hybridized carbons (Fsp3) is 0.667. The lowest BCUT2D eigenvalue weighted by Gasteiger charge is -1.94. The third-order valence-corrected chi connectivity index (χ3v) is 1.83. The van der Waals surface area contributed by atoms with E-state index in [-0.39, 0.29) is 0 Å². The first-order valence-corrected chi connectivity index (χ1v) is 4.06. The summed E-state index contributed by atoms with van der Waals surface area (Å²) in [6.45, 7) is 0. The van der Waals surface area contributed by atoms with Crippen LogP contribution in [0.15, 0.2) is 12.2 Å². The molecule has 56 valence electrons. The predicted octanol–water partition coefficient (Wildman–Crippen LogP) is 2.47. The van der Waals surface area contributed by atoms with E-state index >= 15 is 0 Å². The maximum Gasteiger partial charge on any atom is 0.133 e. The minimum Gasteiger partial charge on any atom is -0.300 e. The van der Waals surface area contributed by atoms with Crippen LogP contribution in [0.1, 0.15) is 38.5 Å². The zero-order valence-electron chi connectivity index (χ0n) is 6.31. The first kappa shape index (κ1) is 7.52. The molecule has 0 bridgehead atoms. The number of rotatable bonds is 0. The van der Waals surface area contributed by atoms with Crippen LogP contribution < -0.4 is 0 Å². The van der Waals surface area contributed by atoms with Crippen LogP contribution in [-0.2, 0) is 4.79 Å². The average molecular weight is 138 g/mol. The Labute approximate surface area is 62.1 Å². The Balaban J connectivity index is 2.32. The van der Waals surface area contributed by atoms with Gasteiger partial charge in [0.1, 0.15) is 5.78 Å². The van der Waals surface area contributed by atoms with Crippen LogP contribution in [0.3, 0.4) is 0 Å². The van der Waals surface area contributed by atoms with Gasteiger partial charge in [0.25, 0.3) is 0 Å². The van der Waals surface area contributed by atoms with Gasteiger partial charge in [-0.15, -0.1) is 0 Å². The fourth-order valence-corrected chi connectivity index (χ4v) is 1.19. The van der Waals surface area contributed by atoms with Crippen molar-refractivity contribution in [1.29, 1.82) is 0 Å². The van der Waals surface area contributed by atoms with E-state index in [9.17, 15) is 4.79 Å². The molecule has 0 aromatic rings. The number of ketones is 1. The molecular formula is C9H14O. The van der Waals surface area contributed by atoms with Crippen LogP contribution in [0.25, 0.3) is 0 Å². The van der Waals surface area contributed by atoms with Gasteiger partial charge in [0, 0.05) is 12.8 Å². The highest BCUT2D eigenvalue weighted by Crippen LogP contribution is 2.08. The molecule has 0 radical (unpaired) electrons. The minimum absolute atomic E-state index is 0.437. The SMILES string of the molecule is O=C1CC/C=C\CCCC1. The number of carbonyl (C=O) groups is 1. The largest absolute Gasteiger partial charge is 0.300 e. The Morgan fingerprint density at radius 2 is 1.80 bits per heavy atom. The van der Waals surface area contributed by atoms with Gasteiger partial charge < -0.3 is 0 Å². The van der Waals surface area contributed by atoms with Crippen molar-refractivity contribution < 1.29 is 4.79 Å². The molecule has 0 aliphatic heterocycles. The van der Waals surface area contributed by atoms with Crippen LogP contribution in [0.4, 0.5) is 0 Å². The van der Waals surface area contributed by atoms with E-state index in [2.05, 4.69) is 12.2 Å². The molecule has 0 aromatic heterocycles. The summed E-state index contributed by atoms with van der Waals surface area (Å²) in [5.41, 5.74) is 0. The summed E-state index contributed by atoms with van der Waals surface area (Å²) >= 11 is 0. The molecule has 0 saturated carbocycles. The summed E-state index contributed by atoms with van der Waals surface area (Å²) in [4.78, 5) is 11.0. The van der Waals surface area contributed by atoms with Crippen molar-refractivity contribution >= 4 is 5.78 Å². The van der Waals surface area contributed by atoms with Crippen molar-refractivity contribution in [3.05, 3.63) is 12.2 Å². The third kappa shape index (κ3) is 2.81. The molecular weight excluding hydrogens is 124 g/mol. The highest BCUT2D eigenvalue weighted by Gasteiger charge is 2.00. The lowest BCUT2D eigenvalue weighted by molar-refractivity contribution is -0.119. The van der Waals surface area contributed by atoms with Gasteiger partial charge in [-0.25, -0.2) is 0 Å². The standard InChI is InChI=1S/C9H14O/c10-9-7-5-3-1-2-4-6-8-9/h1,3H,2,4-8H2/b3-1-. The van der Waals surface area contributed by atoms with E-state index < -0.39 is 0 Å². The molecule has 0 N–H and O–H groups in total. The van der Waals surface area contributed by atoms with Gasteiger partial charge in [0.2, 0.25) is 0 Å². The van der Waals surface area contributed by atoms with Crippen LogP contribution in [0, 0.1) is 0 Å². The molecule has 0 unspecified atom stereocenters. The third-order valence-electron chi connectivity index (χ3n) is 1.83. The van der Waals surface area contributed by atoms with Crippen molar-refractivity contribution in [2.75, 3.05) is 0 Å². The monoisotopic (exact) mass is 138 g/mol. The van der Waals surface area contributed by atoms with Crippen molar-refractivity contribution in [2.45, 2.75) is 38.5 Å². The van der Waals surface area contributed by atoms with Crippen LogP contribution in [-0.4, -0.2) is 5.78 Å². The van der Waals surface area contributed by atoms with Crippen molar-refractivity contribution in [3.63, 3.8) is 0 Å². The van der Waals surface area contributed by atoms with Gasteiger partial charge in [-0.3, -0.25) is 4.79 Å². The summed E-state index contributed by atoms with van der Waals surface area (Å²) < 4.78 is 0. The van der Waals surface area contributed by atoms with Gasteiger partial charge in [-0.1, -0.05) is 12.2 Å². The minimum atomic E-state index is 0.437. The predicted molar refractivity (Wildman–Crippen MR) is 41.8 cm³/mol. The van der Waals surface area contributed by atoms with Crippen molar-refractivity contribution in [1.82, 2.24) is 0 Å². The summed E-state index contributed by atoms with van der Waals surface area (Å²) in [7, 11) is 0. The lowest BCUT2D eigenvalue weighted by atomic mass is 10.1. The van der Waals surface area contributed by atoms with E-state index in [1.54, 1.807) is 0 Å². The molecule has 0 aromatic carbocycles. The Bertz CT molecular complexity index is 136. The van der Waals surface area contributed by atoms with Crippen LogP contribution >= 0.6 is 0 Å². The van der Waals surface area contributed by atoms with Crippen molar-refractivity contribution in [2.24, 2.45) is 0 Å². The van der Waals surface area contributed by atoms with Gasteiger partial charge in [0.15, 0.2) is 0 Å². The number of hydrogen-bond donors (Lipinski definition) is 0. The summed E-state index contributed by atoms with van der Waals surface area (Å²) in [5, 5.41) is 0. The second-order valence-corrected chi connectivity index (χ2v) is 2.79. The van der Waals surface area contributed by atoms with E-state index in [1.165, 1.54) is 6.42 Å². The molecule has 1 rings (SSSR count). The van der Waals surface area contributed by atoms with Gasteiger partial charge in [-0.05, 0) is 25.7 Å². The first-order valence-electron chi connectivity index (χ1n) is 4.06. The zero-order valence-corrected chi connectivity index (χ0v) is 6.31.